The lowest BCUT2D eigenvalue weighted by Crippen LogP contribution is -2.00. The number of hydrogen-bond donors (Lipinski definition) is 0. The molecule has 5 nitrogen and oxygen atoms in total. The third-order valence-corrected chi connectivity index (χ3v) is 2.16. The molecular weight excluding hydrogens is 222 g/mol. The first kappa shape index (κ1) is 11.3. The third kappa shape index (κ3) is 2.34. The molecule has 17 heavy (non-hydrogen) atoms. The van der Waals surface area contributed by atoms with E-state index in [1.54, 1.807) is 0 Å². The molecule has 2 aromatic rings. The maximum absolute atomic E-state index is 11.0. The second-order valence-electron chi connectivity index (χ2n) is 3.27. The highest BCUT2D eigenvalue weighted by Crippen LogP contribution is 2.28. The number of aromatic nitrogens is 1. The van der Waals surface area contributed by atoms with Gasteiger partial charge in [-0.25, -0.2) is 0 Å². The Morgan fingerprint density at radius 2 is 2.12 bits per heavy atom. The predicted molar refractivity (Wildman–Crippen MR) is 59.8 cm³/mol. The van der Waals surface area contributed by atoms with Crippen LogP contribution in [-0.4, -0.2) is 25.3 Å². The highest BCUT2D eigenvalue weighted by Gasteiger charge is 2.18. The molecule has 1 aromatic heterocycles. The van der Waals surface area contributed by atoms with Crippen molar-refractivity contribution in [3.8, 4) is 17.2 Å². The minimum atomic E-state index is 0.0155. The molecule has 88 valence electrons. The smallest absolute Gasteiger partial charge is 0.267 e. The predicted octanol–water partition coefficient (Wildman–Crippen LogP) is 2.14. The van der Waals surface area contributed by atoms with Crippen molar-refractivity contribution in [1.82, 2.24) is 5.16 Å². The van der Waals surface area contributed by atoms with E-state index in [4.69, 9.17) is 14.0 Å². The van der Waals surface area contributed by atoms with E-state index in [9.17, 15) is 4.79 Å². The Morgan fingerprint density at radius 1 is 1.35 bits per heavy atom. The molecule has 0 saturated carbocycles. The first-order valence-electron chi connectivity index (χ1n) is 4.99. The van der Waals surface area contributed by atoms with Crippen LogP contribution in [0.4, 0.5) is 0 Å². The fraction of sp³-hybridized carbons (Fsp3) is 0.167. The summed E-state index contributed by atoms with van der Waals surface area (Å²) in [4.78, 5) is 11.0. The lowest BCUT2D eigenvalue weighted by atomic mass is 10.1. The van der Waals surface area contributed by atoms with Gasteiger partial charge in [0.25, 0.3) is 5.88 Å². The van der Waals surface area contributed by atoms with Crippen LogP contribution in [0.15, 0.2) is 34.9 Å². The van der Waals surface area contributed by atoms with Crippen molar-refractivity contribution in [3.63, 3.8) is 0 Å². The fourth-order valence-corrected chi connectivity index (χ4v) is 1.40. The molecule has 0 aliphatic heterocycles. The van der Waals surface area contributed by atoms with Gasteiger partial charge in [0, 0.05) is 12.7 Å². The van der Waals surface area contributed by atoms with Crippen LogP contribution < -0.4 is 4.74 Å². The van der Waals surface area contributed by atoms with Crippen molar-refractivity contribution in [3.05, 3.63) is 35.9 Å². The molecule has 0 amide bonds. The molecule has 2 rings (SSSR count). The summed E-state index contributed by atoms with van der Waals surface area (Å²) in [7, 11) is 1.48. The second-order valence-corrected chi connectivity index (χ2v) is 3.27. The summed E-state index contributed by atoms with van der Waals surface area (Å²) in [6, 6.07) is 9.23. The number of aldehydes is 1. The van der Waals surface area contributed by atoms with Crippen molar-refractivity contribution in [1.29, 1.82) is 0 Å². The standard InChI is InChI=1S/C12H11NO4/c1-15-8-16-12-10(7-14)11(17-13-12)9-5-3-2-4-6-9/h2-7H,8H2,1H3. The van der Waals surface area contributed by atoms with E-state index >= 15 is 0 Å². The molecular formula is C12H11NO4. The summed E-state index contributed by atoms with van der Waals surface area (Å²) < 4.78 is 15.0. The zero-order chi connectivity index (χ0) is 12.1. The average molecular weight is 233 g/mol. The van der Waals surface area contributed by atoms with Crippen LogP contribution >= 0.6 is 0 Å². The highest BCUT2D eigenvalue weighted by atomic mass is 16.7. The molecule has 0 aliphatic carbocycles. The number of ether oxygens (including phenoxy) is 2. The topological polar surface area (TPSA) is 61.6 Å². The number of benzene rings is 1. The van der Waals surface area contributed by atoms with E-state index in [0.29, 0.717) is 12.0 Å². The average Bonchev–Trinajstić information content (AvgIpc) is 2.80. The van der Waals surface area contributed by atoms with Crippen molar-refractivity contribution >= 4 is 6.29 Å². The highest BCUT2D eigenvalue weighted by molar-refractivity contribution is 5.87. The number of rotatable bonds is 5. The van der Waals surface area contributed by atoms with Gasteiger partial charge >= 0.3 is 0 Å². The van der Waals surface area contributed by atoms with Gasteiger partial charge in [0.05, 0.1) is 0 Å². The normalized spacial score (nSPS) is 10.2. The van der Waals surface area contributed by atoms with Gasteiger partial charge in [-0.2, -0.15) is 0 Å². The molecule has 0 radical (unpaired) electrons. The lowest BCUT2D eigenvalue weighted by Gasteiger charge is -1.99. The zero-order valence-corrected chi connectivity index (χ0v) is 9.25. The first-order valence-corrected chi connectivity index (χ1v) is 4.99. The van der Waals surface area contributed by atoms with Crippen LogP contribution in [0.5, 0.6) is 5.88 Å². The van der Waals surface area contributed by atoms with Crippen molar-refractivity contribution in [2.45, 2.75) is 0 Å². The zero-order valence-electron chi connectivity index (χ0n) is 9.25. The van der Waals surface area contributed by atoms with Crippen LogP contribution in [0, 0.1) is 0 Å². The number of hydrogen-bond acceptors (Lipinski definition) is 5. The van der Waals surface area contributed by atoms with E-state index in [-0.39, 0.29) is 18.2 Å². The van der Waals surface area contributed by atoms with E-state index in [1.165, 1.54) is 7.11 Å². The Morgan fingerprint density at radius 3 is 2.76 bits per heavy atom. The van der Waals surface area contributed by atoms with Crippen LogP contribution in [0.2, 0.25) is 0 Å². The molecule has 5 heteroatoms. The summed E-state index contributed by atoms with van der Waals surface area (Å²) in [6.45, 7) is 0.0155. The molecule has 0 bridgehead atoms. The summed E-state index contributed by atoms with van der Waals surface area (Å²) in [6.07, 6.45) is 0.657. The number of nitrogens with zero attached hydrogens (tertiary/aromatic N) is 1. The van der Waals surface area contributed by atoms with Crippen molar-refractivity contribution < 1.29 is 18.8 Å². The van der Waals surface area contributed by atoms with Gasteiger partial charge in [0.15, 0.2) is 18.8 Å². The molecule has 0 N–H and O–H groups in total. The van der Waals surface area contributed by atoms with Crippen LogP contribution in [0.3, 0.4) is 0 Å². The molecule has 0 unspecified atom stereocenters. The third-order valence-electron chi connectivity index (χ3n) is 2.16. The van der Waals surface area contributed by atoms with E-state index < -0.39 is 0 Å². The molecule has 1 aromatic carbocycles. The summed E-state index contributed by atoms with van der Waals surface area (Å²) in [5.41, 5.74) is 1.06. The number of carbonyl (C=O) groups excluding carboxylic acids is 1. The number of carbonyl (C=O) groups is 1. The number of methoxy groups -OCH3 is 1. The van der Waals surface area contributed by atoms with Crippen LogP contribution in [0.25, 0.3) is 11.3 Å². The second kappa shape index (κ2) is 5.27. The molecule has 1 heterocycles. The molecule has 0 aliphatic rings. The van der Waals surface area contributed by atoms with Gasteiger partial charge in [-0.05, 0) is 5.16 Å². The minimum absolute atomic E-state index is 0.0155. The Hall–Kier alpha value is -2.14. The van der Waals surface area contributed by atoms with Crippen LogP contribution in [-0.2, 0) is 4.74 Å². The van der Waals surface area contributed by atoms with Gasteiger partial charge in [0.2, 0.25) is 0 Å². The van der Waals surface area contributed by atoms with Gasteiger partial charge in [-0.15, -0.1) is 0 Å². The minimum Gasteiger partial charge on any atom is -0.448 e. The summed E-state index contributed by atoms with van der Waals surface area (Å²) >= 11 is 0. The largest absolute Gasteiger partial charge is 0.448 e. The van der Waals surface area contributed by atoms with Gasteiger partial charge in [-0.1, -0.05) is 30.3 Å². The Labute approximate surface area is 97.9 Å². The Bertz CT molecular complexity index is 492. The fourth-order valence-electron chi connectivity index (χ4n) is 1.40. The summed E-state index contributed by atoms with van der Waals surface area (Å²) in [5, 5.41) is 3.69. The van der Waals surface area contributed by atoms with Crippen LogP contribution in [0.1, 0.15) is 10.4 Å². The van der Waals surface area contributed by atoms with Crippen molar-refractivity contribution in [2.24, 2.45) is 0 Å². The van der Waals surface area contributed by atoms with Gasteiger partial charge in [-0.3, -0.25) is 4.79 Å². The first-order chi connectivity index (χ1) is 8.36. The van der Waals surface area contributed by atoms with E-state index in [2.05, 4.69) is 5.16 Å². The van der Waals surface area contributed by atoms with Gasteiger partial charge in [0.1, 0.15) is 5.56 Å². The van der Waals surface area contributed by atoms with E-state index in [1.807, 2.05) is 30.3 Å². The molecule has 0 atom stereocenters. The van der Waals surface area contributed by atoms with Crippen molar-refractivity contribution in [2.75, 3.05) is 13.9 Å². The lowest BCUT2D eigenvalue weighted by molar-refractivity contribution is 0.0449. The Balaban J connectivity index is 2.36. The molecule has 0 fully saturated rings. The maximum atomic E-state index is 11.0. The molecule has 0 spiro atoms. The molecule has 0 saturated heterocycles. The quantitative estimate of drug-likeness (QED) is 0.584. The van der Waals surface area contributed by atoms with E-state index in [0.717, 1.165) is 5.56 Å². The Kier molecular flexibility index (Phi) is 3.52. The monoisotopic (exact) mass is 233 g/mol. The summed E-state index contributed by atoms with van der Waals surface area (Å²) in [5.74, 6) is 0.535. The maximum Gasteiger partial charge on any atom is 0.267 e. The SMILES string of the molecule is COCOc1noc(-c2ccccc2)c1C=O. The van der Waals surface area contributed by atoms with Gasteiger partial charge < -0.3 is 14.0 Å².